The highest BCUT2D eigenvalue weighted by Crippen LogP contribution is 2.73. The van der Waals surface area contributed by atoms with E-state index in [9.17, 15) is 0 Å². The fourth-order valence-corrected chi connectivity index (χ4v) is 14.2. The lowest BCUT2D eigenvalue weighted by molar-refractivity contribution is 0.546. The molecule has 11 aromatic rings. The number of hydrogen-bond donors (Lipinski definition) is 0. The van der Waals surface area contributed by atoms with Crippen LogP contribution in [0.1, 0.15) is 26.7 Å². The Morgan fingerprint density at radius 1 is 0.470 bits per heavy atom. The number of nitrogens with zero attached hydrogens (tertiary/aromatic N) is 6. The first-order chi connectivity index (χ1) is 32.6. The highest BCUT2D eigenvalue weighted by atomic mass is 32.3. The van der Waals surface area contributed by atoms with Crippen LogP contribution in [0.3, 0.4) is 0 Å². The molecule has 3 aromatic heterocycles. The van der Waals surface area contributed by atoms with E-state index in [1.807, 2.05) is 0 Å². The molecule has 1 aliphatic rings. The summed E-state index contributed by atoms with van der Waals surface area (Å²) >= 11 is 0. The summed E-state index contributed by atoms with van der Waals surface area (Å²) in [5.41, 5.74) is 7.73. The van der Waals surface area contributed by atoms with Crippen LogP contribution in [0.4, 0.5) is 5.69 Å². The van der Waals surface area contributed by atoms with Gasteiger partial charge in [0.15, 0.2) is 5.82 Å². The van der Waals surface area contributed by atoms with Gasteiger partial charge in [-0.05, 0) is 97.6 Å². The Morgan fingerprint density at radius 2 is 0.939 bits per heavy atom. The Bertz CT molecular complexity index is 3460. The normalized spacial score (nSPS) is 14.6. The van der Waals surface area contributed by atoms with Crippen LogP contribution in [0, 0.1) is 5.92 Å². The monoisotopic (exact) mass is 872 g/mol. The Morgan fingerprint density at radius 3 is 1.47 bits per heavy atom. The molecule has 0 spiro atoms. The van der Waals surface area contributed by atoms with Gasteiger partial charge in [-0.2, -0.15) is 15.0 Å². The number of aromatic nitrogens is 5. The van der Waals surface area contributed by atoms with Gasteiger partial charge in [0.05, 0.1) is 22.1 Å². The Kier molecular flexibility index (Phi) is 9.87. The van der Waals surface area contributed by atoms with Crippen molar-refractivity contribution in [2.24, 2.45) is 5.92 Å². The van der Waals surface area contributed by atoms with Crippen molar-refractivity contribution in [2.45, 2.75) is 46.3 Å². The number of para-hydroxylation sites is 3. The van der Waals surface area contributed by atoms with Gasteiger partial charge in [0, 0.05) is 65.1 Å². The second-order valence-electron chi connectivity index (χ2n) is 17.4. The lowest BCUT2D eigenvalue weighted by Gasteiger charge is -2.42. The largest absolute Gasteiger partial charge is 0.348 e. The molecule has 1 atom stereocenters. The maximum atomic E-state index is 5.55. The van der Waals surface area contributed by atoms with Gasteiger partial charge in [-0.25, -0.2) is 0 Å². The van der Waals surface area contributed by atoms with E-state index in [4.69, 9.17) is 15.0 Å². The second kappa shape index (κ2) is 16.4. The SMILES string of the molecule is CCC1=CN(c2ccc3c4ccccc4n(-c4nc(-c5cccc(S(c6ccccc6)(c6ccccc6)c6ccccc6)c5)nc(-n5c6ccccc6c6ccccc65)n4)c3c2)CC(C)C1. The van der Waals surface area contributed by atoms with Gasteiger partial charge in [0.2, 0.25) is 11.9 Å². The Labute approximate surface area is 386 Å². The van der Waals surface area contributed by atoms with Gasteiger partial charge in [0.25, 0.3) is 0 Å². The minimum absolute atomic E-state index is 0.563. The minimum Gasteiger partial charge on any atom is -0.348 e. The van der Waals surface area contributed by atoms with Crippen LogP contribution in [-0.2, 0) is 0 Å². The Hall–Kier alpha value is -7.74. The first-order valence-corrected chi connectivity index (χ1v) is 24.6. The van der Waals surface area contributed by atoms with E-state index in [2.05, 4.69) is 240 Å². The van der Waals surface area contributed by atoms with Crippen molar-refractivity contribution in [1.82, 2.24) is 24.1 Å². The second-order valence-corrected chi connectivity index (χ2v) is 20.5. The number of benzene rings is 8. The highest BCUT2D eigenvalue weighted by molar-refractivity contribution is 8.34. The molecule has 4 heterocycles. The van der Waals surface area contributed by atoms with Crippen LogP contribution in [-0.4, -0.2) is 30.6 Å². The third kappa shape index (κ3) is 6.53. The van der Waals surface area contributed by atoms with Crippen molar-refractivity contribution >= 4 is 59.3 Å². The number of allylic oxidation sites excluding steroid dienone is 1. The number of anilines is 1. The van der Waals surface area contributed by atoms with Gasteiger partial charge in [0.1, 0.15) is 0 Å². The predicted molar refractivity (Wildman–Crippen MR) is 273 cm³/mol. The van der Waals surface area contributed by atoms with Gasteiger partial charge in [-0.3, -0.25) is 9.13 Å². The van der Waals surface area contributed by atoms with E-state index in [1.165, 1.54) is 25.2 Å². The van der Waals surface area contributed by atoms with E-state index in [0.717, 1.165) is 74.2 Å². The molecule has 0 radical (unpaired) electrons. The fraction of sp³-hybridized carbons (Fsp3) is 0.102. The molecule has 320 valence electrons. The molecule has 0 fully saturated rings. The molecule has 1 unspecified atom stereocenters. The fourth-order valence-electron chi connectivity index (χ4n) is 10.3. The van der Waals surface area contributed by atoms with Crippen LogP contribution in [0.15, 0.2) is 238 Å². The van der Waals surface area contributed by atoms with Crippen molar-refractivity contribution in [1.29, 1.82) is 0 Å². The third-order valence-corrected chi connectivity index (χ3v) is 17.1. The minimum atomic E-state index is -1.98. The zero-order chi connectivity index (χ0) is 44.2. The van der Waals surface area contributed by atoms with E-state index in [0.29, 0.717) is 23.6 Å². The average molecular weight is 873 g/mol. The molecule has 0 saturated carbocycles. The summed E-state index contributed by atoms with van der Waals surface area (Å²) < 4.78 is 4.47. The number of fused-ring (bicyclic) bond motifs is 6. The van der Waals surface area contributed by atoms with E-state index < -0.39 is 10.0 Å². The summed E-state index contributed by atoms with van der Waals surface area (Å²) in [4.78, 5) is 24.0. The van der Waals surface area contributed by atoms with E-state index in [-0.39, 0.29) is 0 Å². The van der Waals surface area contributed by atoms with Gasteiger partial charge in [-0.1, -0.05) is 147 Å². The molecule has 8 aromatic carbocycles. The summed E-state index contributed by atoms with van der Waals surface area (Å²) in [5.74, 6) is 2.29. The lowest BCUT2D eigenvalue weighted by atomic mass is 9.95. The summed E-state index contributed by atoms with van der Waals surface area (Å²) in [5, 5.41) is 4.61. The van der Waals surface area contributed by atoms with Gasteiger partial charge >= 0.3 is 0 Å². The van der Waals surface area contributed by atoms with Crippen LogP contribution in [0.5, 0.6) is 0 Å². The number of rotatable bonds is 9. The summed E-state index contributed by atoms with van der Waals surface area (Å²) in [6.45, 7) is 5.59. The molecular formula is C59H48N6S. The topological polar surface area (TPSA) is 51.8 Å². The smallest absolute Gasteiger partial charge is 0.240 e. The zero-order valence-corrected chi connectivity index (χ0v) is 37.8. The summed E-state index contributed by atoms with van der Waals surface area (Å²) in [6.07, 6.45) is 4.56. The van der Waals surface area contributed by atoms with Crippen molar-refractivity contribution in [3.63, 3.8) is 0 Å². The van der Waals surface area contributed by atoms with Crippen molar-refractivity contribution in [2.75, 3.05) is 11.4 Å². The molecule has 0 saturated heterocycles. The maximum absolute atomic E-state index is 5.55. The maximum Gasteiger partial charge on any atom is 0.240 e. The van der Waals surface area contributed by atoms with Crippen molar-refractivity contribution in [3.8, 4) is 23.3 Å². The van der Waals surface area contributed by atoms with Crippen LogP contribution in [0.2, 0.25) is 0 Å². The molecule has 7 heteroatoms. The molecule has 1 aliphatic heterocycles. The quantitative estimate of drug-likeness (QED) is 0.145. The van der Waals surface area contributed by atoms with Crippen molar-refractivity contribution in [3.05, 3.63) is 218 Å². The molecule has 0 aliphatic carbocycles. The van der Waals surface area contributed by atoms with Crippen LogP contribution in [0.25, 0.3) is 66.9 Å². The third-order valence-electron chi connectivity index (χ3n) is 13.2. The molecule has 6 nitrogen and oxygen atoms in total. The molecule has 12 rings (SSSR count). The van der Waals surface area contributed by atoms with E-state index in [1.54, 1.807) is 0 Å². The molecule has 0 N–H and O–H groups in total. The standard InChI is InChI=1S/C59H48N6S/c1-3-42-36-41(2)39-63(40-42)44-34-35-52-51-30-15-18-33-55(51)65(56(52)38-44)59-61-57(60-58(62-59)64-53-31-16-13-28-49(53)50-29-14-17-32-54(50)64)43-20-19-27-48(37-43)66(45-21-7-4-8-22-45,46-23-9-5-10-24-46)47-25-11-6-12-26-47/h4-35,37-38,40-41H,3,36,39H2,1-2H3. The average Bonchev–Trinajstić information content (AvgIpc) is 3.90. The summed E-state index contributed by atoms with van der Waals surface area (Å²) in [7, 11) is -1.98. The molecule has 66 heavy (non-hydrogen) atoms. The first-order valence-electron chi connectivity index (χ1n) is 22.9. The van der Waals surface area contributed by atoms with Crippen molar-refractivity contribution < 1.29 is 0 Å². The summed E-state index contributed by atoms with van der Waals surface area (Å²) in [6, 6.07) is 74.5. The molecular weight excluding hydrogens is 825 g/mol. The number of hydrogen-bond acceptors (Lipinski definition) is 4. The van der Waals surface area contributed by atoms with Gasteiger partial charge in [-0.15, -0.1) is 10.0 Å². The molecule has 0 bridgehead atoms. The van der Waals surface area contributed by atoms with Gasteiger partial charge < -0.3 is 4.90 Å². The highest BCUT2D eigenvalue weighted by Gasteiger charge is 2.34. The zero-order valence-electron chi connectivity index (χ0n) is 37.0. The first kappa shape index (κ1) is 39.8. The Balaban J connectivity index is 1.15. The van der Waals surface area contributed by atoms with Crippen LogP contribution < -0.4 is 4.90 Å². The predicted octanol–water partition coefficient (Wildman–Crippen LogP) is 15.2. The van der Waals surface area contributed by atoms with E-state index >= 15 is 0 Å². The van der Waals surface area contributed by atoms with Crippen LogP contribution >= 0.6 is 10.0 Å². The molecule has 0 amide bonds. The lowest BCUT2D eigenvalue weighted by Crippen LogP contribution is -2.28.